The molecule has 90 valence electrons. The molecule has 0 spiro atoms. The number of ether oxygens (including phenoxy) is 1. The van der Waals surface area contributed by atoms with Gasteiger partial charge in [-0.2, -0.15) is 5.10 Å². The zero-order valence-corrected chi connectivity index (χ0v) is 10.1. The lowest BCUT2D eigenvalue weighted by atomic mass is 9.83. The van der Waals surface area contributed by atoms with Gasteiger partial charge >= 0.3 is 0 Å². The van der Waals surface area contributed by atoms with Crippen molar-refractivity contribution in [3.63, 3.8) is 0 Å². The van der Waals surface area contributed by atoms with Gasteiger partial charge in [-0.05, 0) is 20.4 Å². The monoisotopic (exact) mass is 224 g/mol. The summed E-state index contributed by atoms with van der Waals surface area (Å²) < 4.78 is 7.51. The van der Waals surface area contributed by atoms with Gasteiger partial charge in [0.15, 0.2) is 0 Å². The number of nitrogens with one attached hydrogen (secondary N) is 1. The summed E-state index contributed by atoms with van der Waals surface area (Å²) in [5.74, 6) is 1.07. The molecule has 1 fully saturated rings. The lowest BCUT2D eigenvalue weighted by molar-refractivity contribution is 0.148. The topological polar surface area (TPSA) is 52.0 Å². The highest BCUT2D eigenvalue weighted by atomic mass is 16.5. The van der Waals surface area contributed by atoms with Crippen LogP contribution in [0, 0.1) is 5.41 Å². The second-order valence-electron chi connectivity index (χ2n) is 4.50. The molecule has 0 aliphatic carbocycles. The van der Waals surface area contributed by atoms with Crippen molar-refractivity contribution in [3.8, 4) is 0 Å². The Morgan fingerprint density at radius 2 is 2.50 bits per heavy atom. The summed E-state index contributed by atoms with van der Waals surface area (Å²) in [6, 6.07) is 0. The van der Waals surface area contributed by atoms with E-state index >= 15 is 0 Å². The van der Waals surface area contributed by atoms with Crippen LogP contribution in [0.5, 0.6) is 0 Å². The molecule has 5 heteroatoms. The second kappa shape index (κ2) is 4.93. The predicted octanol–water partition coefficient (Wildman–Crippen LogP) is 0.467. The van der Waals surface area contributed by atoms with Crippen molar-refractivity contribution in [2.75, 3.05) is 26.8 Å². The Hall–Kier alpha value is -0.940. The van der Waals surface area contributed by atoms with Crippen LogP contribution >= 0.6 is 0 Å². The first kappa shape index (κ1) is 11.5. The van der Waals surface area contributed by atoms with E-state index in [0.29, 0.717) is 0 Å². The van der Waals surface area contributed by atoms with Gasteiger partial charge in [0, 0.05) is 31.5 Å². The number of aromatic nitrogens is 3. The standard InChI is InChI=1S/C11H20N4O/c1-3-15-10(13-9-14-15)6-11(7-12-2)4-5-16-8-11/h9,12H,3-8H2,1-2H3. The molecule has 1 saturated heterocycles. The average Bonchev–Trinajstić information content (AvgIpc) is 2.89. The van der Waals surface area contributed by atoms with Crippen LogP contribution in [-0.4, -0.2) is 41.6 Å². The van der Waals surface area contributed by atoms with Gasteiger partial charge in [-0.3, -0.25) is 4.68 Å². The first-order valence-corrected chi connectivity index (χ1v) is 5.89. The molecule has 1 unspecified atom stereocenters. The van der Waals surface area contributed by atoms with Gasteiger partial charge in [0.25, 0.3) is 0 Å². The van der Waals surface area contributed by atoms with Crippen molar-refractivity contribution < 1.29 is 4.74 Å². The van der Waals surface area contributed by atoms with Crippen LogP contribution in [0.15, 0.2) is 6.33 Å². The van der Waals surface area contributed by atoms with Crippen LogP contribution in [0.1, 0.15) is 19.2 Å². The lowest BCUT2D eigenvalue weighted by Crippen LogP contribution is -2.36. The molecule has 2 heterocycles. The van der Waals surface area contributed by atoms with Gasteiger partial charge in [-0.1, -0.05) is 0 Å². The summed E-state index contributed by atoms with van der Waals surface area (Å²) >= 11 is 0. The van der Waals surface area contributed by atoms with Crippen LogP contribution in [0.25, 0.3) is 0 Å². The van der Waals surface area contributed by atoms with Crippen molar-refractivity contribution in [1.29, 1.82) is 0 Å². The molecule has 0 bridgehead atoms. The Bertz CT molecular complexity index is 330. The van der Waals surface area contributed by atoms with Crippen molar-refractivity contribution in [2.45, 2.75) is 26.3 Å². The molecule has 2 rings (SSSR count). The predicted molar refractivity (Wildman–Crippen MR) is 61.2 cm³/mol. The van der Waals surface area contributed by atoms with Gasteiger partial charge in [-0.25, -0.2) is 4.98 Å². The Morgan fingerprint density at radius 3 is 3.12 bits per heavy atom. The van der Waals surface area contributed by atoms with Crippen LogP contribution in [0.3, 0.4) is 0 Å². The number of rotatable bonds is 5. The molecule has 1 aliphatic heterocycles. The summed E-state index contributed by atoms with van der Waals surface area (Å²) in [6.07, 6.45) is 3.69. The molecular formula is C11H20N4O. The van der Waals surface area contributed by atoms with Crippen LogP contribution in [0.2, 0.25) is 0 Å². The van der Waals surface area contributed by atoms with Crippen LogP contribution in [0.4, 0.5) is 0 Å². The molecule has 1 aromatic rings. The summed E-state index contributed by atoms with van der Waals surface area (Å²) in [5, 5.41) is 7.48. The van der Waals surface area contributed by atoms with Crippen LogP contribution in [-0.2, 0) is 17.7 Å². The fraction of sp³-hybridized carbons (Fsp3) is 0.818. The highest BCUT2D eigenvalue weighted by molar-refractivity contribution is 4.97. The largest absolute Gasteiger partial charge is 0.381 e. The number of hydrogen-bond acceptors (Lipinski definition) is 4. The van der Waals surface area contributed by atoms with Crippen molar-refractivity contribution in [2.24, 2.45) is 5.41 Å². The third kappa shape index (κ3) is 2.25. The summed E-state index contributed by atoms with van der Waals surface area (Å²) in [4.78, 5) is 4.35. The van der Waals surface area contributed by atoms with Gasteiger partial charge in [-0.15, -0.1) is 0 Å². The van der Waals surface area contributed by atoms with Crippen molar-refractivity contribution in [3.05, 3.63) is 12.2 Å². The summed E-state index contributed by atoms with van der Waals surface area (Å²) in [5.41, 5.74) is 0.203. The summed E-state index contributed by atoms with van der Waals surface area (Å²) in [7, 11) is 1.99. The van der Waals surface area contributed by atoms with E-state index in [-0.39, 0.29) is 5.41 Å². The Labute approximate surface area is 96.2 Å². The SMILES string of the molecule is CCn1ncnc1CC1(CNC)CCOC1. The first-order chi connectivity index (χ1) is 7.79. The van der Waals surface area contributed by atoms with E-state index in [1.165, 1.54) is 0 Å². The Balaban J connectivity index is 2.11. The third-order valence-electron chi connectivity index (χ3n) is 3.27. The second-order valence-corrected chi connectivity index (χ2v) is 4.50. The molecule has 1 atom stereocenters. The van der Waals surface area contributed by atoms with E-state index in [0.717, 1.165) is 45.0 Å². The Kier molecular flexibility index (Phi) is 3.56. The molecule has 0 radical (unpaired) electrons. The smallest absolute Gasteiger partial charge is 0.138 e. The van der Waals surface area contributed by atoms with Crippen LogP contribution < -0.4 is 5.32 Å². The molecule has 0 saturated carbocycles. The average molecular weight is 224 g/mol. The van der Waals surface area contributed by atoms with Crippen molar-refractivity contribution >= 4 is 0 Å². The fourth-order valence-electron chi connectivity index (χ4n) is 2.39. The maximum absolute atomic E-state index is 5.54. The molecule has 16 heavy (non-hydrogen) atoms. The maximum atomic E-state index is 5.54. The van der Waals surface area contributed by atoms with E-state index in [4.69, 9.17) is 4.74 Å². The number of nitrogens with zero attached hydrogens (tertiary/aromatic N) is 3. The molecule has 0 amide bonds. The molecule has 5 nitrogen and oxygen atoms in total. The molecule has 1 aromatic heterocycles. The Morgan fingerprint density at radius 1 is 1.62 bits per heavy atom. The zero-order valence-electron chi connectivity index (χ0n) is 10.1. The van der Waals surface area contributed by atoms with E-state index in [1.807, 2.05) is 11.7 Å². The summed E-state index contributed by atoms with van der Waals surface area (Å²) in [6.45, 7) is 5.63. The van der Waals surface area contributed by atoms with E-state index in [2.05, 4.69) is 22.3 Å². The molecule has 0 aromatic carbocycles. The first-order valence-electron chi connectivity index (χ1n) is 5.89. The maximum Gasteiger partial charge on any atom is 0.138 e. The van der Waals surface area contributed by atoms with Crippen molar-refractivity contribution in [1.82, 2.24) is 20.1 Å². The highest BCUT2D eigenvalue weighted by Crippen LogP contribution is 2.31. The lowest BCUT2D eigenvalue weighted by Gasteiger charge is -2.26. The normalized spacial score (nSPS) is 25.1. The number of aryl methyl sites for hydroxylation is 1. The fourth-order valence-corrected chi connectivity index (χ4v) is 2.39. The van der Waals surface area contributed by atoms with Gasteiger partial charge in [0.05, 0.1) is 6.61 Å². The third-order valence-corrected chi connectivity index (χ3v) is 3.27. The minimum atomic E-state index is 0.203. The number of hydrogen-bond donors (Lipinski definition) is 1. The minimum Gasteiger partial charge on any atom is -0.381 e. The zero-order chi connectivity index (χ0) is 11.4. The quantitative estimate of drug-likeness (QED) is 0.790. The van der Waals surface area contributed by atoms with Gasteiger partial charge in [0.2, 0.25) is 0 Å². The molecule has 1 N–H and O–H groups in total. The van der Waals surface area contributed by atoms with E-state index in [9.17, 15) is 0 Å². The van der Waals surface area contributed by atoms with E-state index in [1.54, 1.807) is 6.33 Å². The van der Waals surface area contributed by atoms with Gasteiger partial charge < -0.3 is 10.1 Å². The highest BCUT2D eigenvalue weighted by Gasteiger charge is 2.35. The molecular weight excluding hydrogens is 204 g/mol. The minimum absolute atomic E-state index is 0.203. The van der Waals surface area contributed by atoms with Gasteiger partial charge in [0.1, 0.15) is 12.2 Å². The van der Waals surface area contributed by atoms with E-state index < -0.39 is 0 Å². The molecule has 1 aliphatic rings.